The van der Waals surface area contributed by atoms with Gasteiger partial charge >= 0.3 is 6.09 Å². The van der Waals surface area contributed by atoms with Gasteiger partial charge in [-0.2, -0.15) is 0 Å². The number of carbonyl (C=O) groups excluding carboxylic acids is 2. The number of amides is 2. The number of likely N-dealkylation sites (tertiary alicyclic amines) is 1. The standard InChI is InChI=1S/C33H37FN4O8S/c1-18(2)47(42,43)29-11-9-21(36-33(41)46-5)15-23(29)26-7-6-12-38(26)32(40)30(19-8-10-27(44-3)28(14-19)45-4)37-25-16-22-20(13-24(25)34)17-35-31(22)39/h8-11,13-18,26,30,35,37,39H,6-7,12H2,1-5H3,(H,36,41)/t26-,30-/m1/s1. The zero-order valence-electron chi connectivity index (χ0n) is 26.6. The van der Waals surface area contributed by atoms with Gasteiger partial charge in [0, 0.05) is 29.2 Å². The zero-order valence-corrected chi connectivity index (χ0v) is 27.4. The van der Waals surface area contributed by atoms with E-state index in [2.05, 4.69) is 15.6 Å². The number of hydrogen-bond acceptors (Lipinski definition) is 9. The van der Waals surface area contributed by atoms with Crippen molar-refractivity contribution in [2.45, 2.75) is 48.9 Å². The molecule has 1 fully saturated rings. The predicted molar refractivity (Wildman–Crippen MR) is 174 cm³/mol. The quantitative estimate of drug-likeness (QED) is 0.161. The fourth-order valence-corrected chi connectivity index (χ4v) is 7.10. The van der Waals surface area contributed by atoms with Crippen molar-refractivity contribution >= 4 is 44.0 Å². The number of carbonyl (C=O) groups is 2. The fourth-order valence-electron chi connectivity index (χ4n) is 5.81. The lowest BCUT2D eigenvalue weighted by molar-refractivity contribution is -0.133. The number of fused-ring (bicyclic) bond motifs is 1. The first kappa shape index (κ1) is 33.4. The molecule has 1 aromatic heterocycles. The second kappa shape index (κ2) is 13.4. The summed E-state index contributed by atoms with van der Waals surface area (Å²) in [6.45, 7) is 3.43. The van der Waals surface area contributed by atoms with Crippen molar-refractivity contribution in [2.24, 2.45) is 0 Å². The van der Waals surface area contributed by atoms with Crippen LogP contribution < -0.4 is 20.1 Å². The summed E-state index contributed by atoms with van der Waals surface area (Å²) in [6.07, 6.45) is 1.72. The topological polar surface area (TPSA) is 159 Å². The maximum Gasteiger partial charge on any atom is 0.411 e. The highest BCUT2D eigenvalue weighted by molar-refractivity contribution is 7.92. The summed E-state index contributed by atoms with van der Waals surface area (Å²) in [5.41, 5.74) is 1.02. The molecule has 0 bridgehead atoms. The molecule has 47 heavy (non-hydrogen) atoms. The van der Waals surface area contributed by atoms with E-state index >= 15 is 4.39 Å². The van der Waals surface area contributed by atoms with Gasteiger partial charge in [-0.1, -0.05) is 6.07 Å². The average Bonchev–Trinajstić information content (AvgIpc) is 3.69. The van der Waals surface area contributed by atoms with Crippen LogP contribution in [0.15, 0.2) is 59.6 Å². The van der Waals surface area contributed by atoms with Crippen LogP contribution in [-0.2, 0) is 19.4 Å². The van der Waals surface area contributed by atoms with Gasteiger partial charge in [-0.25, -0.2) is 17.6 Å². The number of nitrogens with one attached hydrogen (secondary N) is 3. The molecule has 0 saturated carbocycles. The maximum absolute atomic E-state index is 15.4. The number of aromatic amines is 1. The molecule has 0 radical (unpaired) electrons. The van der Waals surface area contributed by atoms with Crippen molar-refractivity contribution in [1.29, 1.82) is 0 Å². The third-order valence-electron chi connectivity index (χ3n) is 8.31. The number of H-pyrrole nitrogens is 1. The number of ether oxygens (including phenoxy) is 3. The highest BCUT2D eigenvalue weighted by Gasteiger charge is 2.38. The lowest BCUT2D eigenvalue weighted by Gasteiger charge is -2.32. The Morgan fingerprint density at radius 1 is 1.04 bits per heavy atom. The van der Waals surface area contributed by atoms with Crippen LogP contribution in [0.3, 0.4) is 0 Å². The lowest BCUT2D eigenvalue weighted by Crippen LogP contribution is -2.38. The Morgan fingerprint density at radius 2 is 1.79 bits per heavy atom. The smallest absolute Gasteiger partial charge is 0.411 e. The summed E-state index contributed by atoms with van der Waals surface area (Å²) in [4.78, 5) is 30.9. The summed E-state index contributed by atoms with van der Waals surface area (Å²) < 4.78 is 58.1. The Hall–Kier alpha value is -4.98. The molecule has 5 rings (SSSR count). The molecular formula is C33H37FN4O8S. The Bertz CT molecular complexity index is 1930. The maximum atomic E-state index is 15.4. The minimum atomic E-state index is -3.81. The van der Waals surface area contributed by atoms with E-state index in [0.29, 0.717) is 51.9 Å². The summed E-state index contributed by atoms with van der Waals surface area (Å²) in [6, 6.07) is 10.1. The van der Waals surface area contributed by atoms with Crippen molar-refractivity contribution in [1.82, 2.24) is 9.88 Å². The average molecular weight is 669 g/mol. The SMILES string of the molecule is COC(=O)Nc1ccc(S(=O)(=O)C(C)C)c([C@H]2CCCN2C(=O)[C@H](Nc2cc3c(O)[nH]cc3cc2F)c2ccc(OC)c(OC)c2)c1. The Balaban J connectivity index is 1.62. The van der Waals surface area contributed by atoms with Crippen molar-refractivity contribution in [2.75, 3.05) is 38.5 Å². The molecular weight excluding hydrogens is 631 g/mol. The minimum Gasteiger partial charge on any atom is -0.494 e. The van der Waals surface area contributed by atoms with Gasteiger partial charge in [0.15, 0.2) is 27.2 Å². The molecule has 1 aliphatic rings. The van der Waals surface area contributed by atoms with E-state index in [0.717, 1.165) is 0 Å². The van der Waals surface area contributed by atoms with E-state index in [1.807, 2.05) is 0 Å². The highest BCUT2D eigenvalue weighted by atomic mass is 32.2. The van der Waals surface area contributed by atoms with Crippen LogP contribution in [0.5, 0.6) is 17.4 Å². The molecule has 2 atom stereocenters. The highest BCUT2D eigenvalue weighted by Crippen LogP contribution is 2.41. The molecule has 0 aliphatic carbocycles. The van der Waals surface area contributed by atoms with E-state index in [9.17, 15) is 23.1 Å². The number of anilines is 2. The van der Waals surface area contributed by atoms with Crippen molar-refractivity contribution < 1.29 is 41.7 Å². The van der Waals surface area contributed by atoms with Gasteiger partial charge in [-0.15, -0.1) is 0 Å². The molecule has 0 spiro atoms. The van der Waals surface area contributed by atoms with Gasteiger partial charge in [0.05, 0.1) is 43.2 Å². The van der Waals surface area contributed by atoms with Crippen LogP contribution >= 0.6 is 0 Å². The van der Waals surface area contributed by atoms with Gasteiger partial charge in [0.1, 0.15) is 11.9 Å². The summed E-state index contributed by atoms with van der Waals surface area (Å²) in [5.74, 6) is -0.508. The van der Waals surface area contributed by atoms with Gasteiger partial charge in [0.2, 0.25) is 5.91 Å². The molecule has 1 aliphatic heterocycles. The fraction of sp³-hybridized carbons (Fsp3) is 0.333. The normalized spacial score (nSPS) is 15.5. The molecule has 1 saturated heterocycles. The molecule has 3 aromatic carbocycles. The van der Waals surface area contributed by atoms with Gasteiger partial charge < -0.3 is 34.5 Å². The third kappa shape index (κ3) is 6.50. The van der Waals surface area contributed by atoms with Crippen molar-refractivity contribution in [3.8, 4) is 17.4 Å². The van der Waals surface area contributed by atoms with Crippen LogP contribution in [0.25, 0.3) is 10.8 Å². The van der Waals surface area contributed by atoms with E-state index in [4.69, 9.17) is 14.2 Å². The Kier molecular flexibility index (Phi) is 9.52. The number of sulfone groups is 1. The first-order valence-corrected chi connectivity index (χ1v) is 16.5. The zero-order chi connectivity index (χ0) is 34.0. The Labute approximate surface area is 271 Å². The van der Waals surface area contributed by atoms with E-state index in [-0.39, 0.29) is 23.0 Å². The van der Waals surface area contributed by atoms with E-state index < -0.39 is 45.0 Å². The number of benzene rings is 3. The van der Waals surface area contributed by atoms with Crippen LogP contribution in [0.1, 0.15) is 49.9 Å². The summed E-state index contributed by atoms with van der Waals surface area (Å²) in [7, 11) is 0.335. The van der Waals surface area contributed by atoms with Crippen molar-refractivity contribution in [3.05, 3.63) is 71.7 Å². The molecule has 250 valence electrons. The van der Waals surface area contributed by atoms with Crippen LogP contribution in [0.2, 0.25) is 0 Å². The molecule has 4 aromatic rings. The van der Waals surface area contributed by atoms with Gasteiger partial charge in [0.25, 0.3) is 0 Å². The second-order valence-electron chi connectivity index (χ2n) is 11.4. The molecule has 12 nitrogen and oxygen atoms in total. The van der Waals surface area contributed by atoms with Crippen molar-refractivity contribution in [3.63, 3.8) is 0 Å². The number of hydrogen-bond donors (Lipinski definition) is 4. The molecule has 2 amide bonds. The number of aromatic nitrogens is 1. The Morgan fingerprint density at radius 3 is 2.47 bits per heavy atom. The number of nitrogens with zero attached hydrogens (tertiary/aromatic N) is 1. The minimum absolute atomic E-state index is 0.0383. The number of methoxy groups -OCH3 is 3. The van der Waals surface area contributed by atoms with E-state index in [1.54, 1.807) is 43.0 Å². The van der Waals surface area contributed by atoms with Crippen LogP contribution in [0, 0.1) is 5.82 Å². The third-order valence-corrected chi connectivity index (χ3v) is 10.5. The van der Waals surface area contributed by atoms with E-state index in [1.165, 1.54) is 51.8 Å². The second-order valence-corrected chi connectivity index (χ2v) is 13.9. The van der Waals surface area contributed by atoms with Crippen LogP contribution in [-0.4, -0.2) is 68.5 Å². The van der Waals surface area contributed by atoms with Gasteiger partial charge in [-0.05, 0) is 80.3 Å². The monoisotopic (exact) mass is 668 g/mol. The molecule has 0 unspecified atom stereocenters. The molecule has 2 heterocycles. The largest absolute Gasteiger partial charge is 0.494 e. The number of halogens is 1. The molecule has 14 heteroatoms. The van der Waals surface area contributed by atoms with Gasteiger partial charge in [-0.3, -0.25) is 10.1 Å². The summed E-state index contributed by atoms with van der Waals surface area (Å²) in [5, 5.41) is 15.9. The summed E-state index contributed by atoms with van der Waals surface area (Å²) >= 11 is 0. The first-order chi connectivity index (χ1) is 22.4. The van der Waals surface area contributed by atoms with Crippen LogP contribution in [0.4, 0.5) is 20.6 Å². The first-order valence-electron chi connectivity index (χ1n) is 14.9. The number of rotatable bonds is 10. The molecule has 4 N–H and O–H groups in total. The number of aromatic hydroxyl groups is 1. The predicted octanol–water partition coefficient (Wildman–Crippen LogP) is 5.91. The lowest BCUT2D eigenvalue weighted by atomic mass is 10.0.